The second-order valence-electron chi connectivity index (χ2n) is 5.78. The first-order chi connectivity index (χ1) is 10.8. The smallest absolute Gasteiger partial charge is 0.190 e. The third-order valence-electron chi connectivity index (χ3n) is 4.22. The van der Waals surface area contributed by atoms with Crippen molar-refractivity contribution in [3.05, 3.63) is 83.1 Å². The van der Waals surface area contributed by atoms with Crippen LogP contribution < -0.4 is 5.32 Å². The Labute approximate surface area is 131 Å². The molecule has 112 valence electrons. The summed E-state index contributed by atoms with van der Waals surface area (Å²) in [6.07, 6.45) is 2.89. The summed E-state index contributed by atoms with van der Waals surface area (Å²) in [5, 5.41) is 3.55. The van der Waals surface area contributed by atoms with Crippen molar-refractivity contribution in [3.8, 4) is 0 Å². The monoisotopic (exact) mass is 291 g/mol. The van der Waals surface area contributed by atoms with Gasteiger partial charge in [-0.15, -0.1) is 0 Å². The summed E-state index contributed by atoms with van der Waals surface area (Å²) in [7, 11) is 0. The molecule has 0 fully saturated rings. The summed E-state index contributed by atoms with van der Waals surface area (Å²) < 4.78 is 0. The van der Waals surface area contributed by atoms with E-state index in [9.17, 15) is 4.79 Å². The quantitative estimate of drug-likeness (QED) is 0.812. The van der Waals surface area contributed by atoms with Crippen LogP contribution >= 0.6 is 0 Å². The van der Waals surface area contributed by atoms with Crippen LogP contribution in [0.1, 0.15) is 48.1 Å². The van der Waals surface area contributed by atoms with Crippen molar-refractivity contribution in [2.75, 3.05) is 0 Å². The Morgan fingerprint density at radius 2 is 1.59 bits per heavy atom. The molecule has 0 saturated heterocycles. The SMILES string of the molecule is C[C@@H](NC1=C(C(=O)c2ccccc2)CCC1)c1ccccc1. The van der Waals surface area contributed by atoms with Gasteiger partial charge < -0.3 is 5.32 Å². The number of rotatable bonds is 5. The molecular formula is C20H21NO. The van der Waals surface area contributed by atoms with Crippen molar-refractivity contribution in [2.24, 2.45) is 0 Å². The molecule has 1 aliphatic rings. The van der Waals surface area contributed by atoms with Crippen molar-refractivity contribution >= 4 is 5.78 Å². The topological polar surface area (TPSA) is 29.1 Å². The van der Waals surface area contributed by atoms with Crippen LogP contribution in [0.15, 0.2) is 71.9 Å². The van der Waals surface area contributed by atoms with Gasteiger partial charge in [0.25, 0.3) is 0 Å². The maximum absolute atomic E-state index is 12.7. The Morgan fingerprint density at radius 1 is 0.955 bits per heavy atom. The van der Waals surface area contributed by atoms with E-state index in [1.54, 1.807) is 0 Å². The standard InChI is InChI=1S/C20H21NO/c1-15(16-9-4-2-5-10-16)21-19-14-8-13-18(19)20(22)17-11-6-3-7-12-17/h2-7,9-12,15,21H,8,13-14H2,1H3/t15-/m1/s1. The lowest BCUT2D eigenvalue weighted by Crippen LogP contribution is -2.19. The number of Topliss-reactive ketones (excluding diaryl/α,β-unsaturated/α-hetero) is 1. The van der Waals surface area contributed by atoms with Crippen LogP contribution in [0, 0.1) is 0 Å². The molecule has 2 nitrogen and oxygen atoms in total. The maximum atomic E-state index is 12.7. The molecule has 0 aliphatic heterocycles. The van der Waals surface area contributed by atoms with Crippen LogP contribution in [0.25, 0.3) is 0 Å². The maximum Gasteiger partial charge on any atom is 0.190 e. The Bertz CT molecular complexity index is 673. The van der Waals surface area contributed by atoms with Crippen molar-refractivity contribution < 1.29 is 4.79 Å². The van der Waals surface area contributed by atoms with Gasteiger partial charge in [-0.2, -0.15) is 0 Å². The first-order valence-electron chi connectivity index (χ1n) is 7.89. The molecule has 0 spiro atoms. The van der Waals surface area contributed by atoms with Gasteiger partial charge >= 0.3 is 0 Å². The van der Waals surface area contributed by atoms with E-state index >= 15 is 0 Å². The lowest BCUT2D eigenvalue weighted by atomic mass is 10.0. The molecule has 0 radical (unpaired) electrons. The van der Waals surface area contributed by atoms with Crippen molar-refractivity contribution in [1.82, 2.24) is 5.32 Å². The van der Waals surface area contributed by atoms with Crippen molar-refractivity contribution in [2.45, 2.75) is 32.2 Å². The molecule has 0 bridgehead atoms. The van der Waals surface area contributed by atoms with E-state index < -0.39 is 0 Å². The van der Waals surface area contributed by atoms with Crippen LogP contribution in [0.4, 0.5) is 0 Å². The molecule has 0 unspecified atom stereocenters. The summed E-state index contributed by atoms with van der Waals surface area (Å²) in [4.78, 5) is 12.7. The molecule has 2 aromatic carbocycles. The van der Waals surface area contributed by atoms with Crippen LogP contribution in [-0.4, -0.2) is 5.78 Å². The largest absolute Gasteiger partial charge is 0.381 e. The molecule has 2 aromatic rings. The molecule has 1 aliphatic carbocycles. The van der Waals surface area contributed by atoms with Gasteiger partial charge in [-0.3, -0.25) is 4.79 Å². The van der Waals surface area contributed by atoms with Crippen LogP contribution in [0.2, 0.25) is 0 Å². The second kappa shape index (κ2) is 6.61. The Hall–Kier alpha value is -2.35. The summed E-state index contributed by atoms with van der Waals surface area (Å²) in [5.41, 5.74) is 4.10. The van der Waals surface area contributed by atoms with E-state index in [2.05, 4.69) is 24.4 Å². The number of hydrogen-bond donors (Lipinski definition) is 1. The summed E-state index contributed by atoms with van der Waals surface area (Å²) >= 11 is 0. The zero-order valence-corrected chi connectivity index (χ0v) is 12.9. The number of allylic oxidation sites excluding steroid dienone is 2. The minimum Gasteiger partial charge on any atom is -0.381 e. The minimum atomic E-state index is 0.167. The van der Waals surface area contributed by atoms with Gasteiger partial charge in [-0.05, 0) is 31.7 Å². The van der Waals surface area contributed by atoms with Gasteiger partial charge in [0.1, 0.15) is 0 Å². The molecule has 0 heterocycles. The number of hydrogen-bond acceptors (Lipinski definition) is 2. The number of ketones is 1. The van der Waals surface area contributed by atoms with Crippen LogP contribution in [-0.2, 0) is 0 Å². The highest BCUT2D eigenvalue weighted by atomic mass is 16.1. The molecule has 22 heavy (non-hydrogen) atoms. The lowest BCUT2D eigenvalue weighted by molar-refractivity contribution is 0.103. The number of benzene rings is 2. The van der Waals surface area contributed by atoms with E-state index in [4.69, 9.17) is 0 Å². The number of carbonyl (C=O) groups excluding carboxylic acids is 1. The summed E-state index contributed by atoms with van der Waals surface area (Å²) in [6.45, 7) is 2.14. The Kier molecular flexibility index (Phi) is 4.38. The fourth-order valence-corrected chi connectivity index (χ4v) is 3.00. The average molecular weight is 291 g/mol. The molecule has 1 atom stereocenters. The number of nitrogens with one attached hydrogen (secondary N) is 1. The predicted octanol–water partition coefficient (Wildman–Crippen LogP) is 4.66. The van der Waals surface area contributed by atoms with Crippen molar-refractivity contribution in [1.29, 1.82) is 0 Å². The molecule has 0 saturated carbocycles. The van der Waals surface area contributed by atoms with Gasteiger partial charge in [0, 0.05) is 22.9 Å². The van der Waals surface area contributed by atoms with E-state index in [1.807, 2.05) is 48.5 Å². The molecule has 2 heteroatoms. The zero-order chi connectivity index (χ0) is 15.4. The summed E-state index contributed by atoms with van der Waals surface area (Å²) in [6, 6.07) is 20.1. The first kappa shape index (κ1) is 14.6. The second-order valence-corrected chi connectivity index (χ2v) is 5.78. The predicted molar refractivity (Wildman–Crippen MR) is 89.6 cm³/mol. The van der Waals surface area contributed by atoms with Gasteiger partial charge in [0.05, 0.1) is 0 Å². The highest BCUT2D eigenvalue weighted by Gasteiger charge is 2.23. The van der Waals surface area contributed by atoms with Crippen LogP contribution in [0.5, 0.6) is 0 Å². The zero-order valence-electron chi connectivity index (χ0n) is 12.9. The third-order valence-corrected chi connectivity index (χ3v) is 4.22. The highest BCUT2D eigenvalue weighted by Crippen LogP contribution is 2.29. The fourth-order valence-electron chi connectivity index (χ4n) is 3.00. The van der Waals surface area contributed by atoms with Crippen LogP contribution in [0.3, 0.4) is 0 Å². The molecule has 0 aromatic heterocycles. The molecular weight excluding hydrogens is 270 g/mol. The Morgan fingerprint density at radius 3 is 2.27 bits per heavy atom. The molecule has 1 N–H and O–H groups in total. The third kappa shape index (κ3) is 3.11. The first-order valence-corrected chi connectivity index (χ1v) is 7.89. The molecule has 0 amide bonds. The minimum absolute atomic E-state index is 0.167. The van der Waals surface area contributed by atoms with E-state index in [1.165, 1.54) is 5.56 Å². The van der Waals surface area contributed by atoms with Gasteiger partial charge in [0.15, 0.2) is 5.78 Å². The summed E-state index contributed by atoms with van der Waals surface area (Å²) in [5.74, 6) is 0.167. The average Bonchev–Trinajstić information content (AvgIpc) is 3.04. The Balaban J connectivity index is 1.81. The molecule has 3 rings (SSSR count). The van der Waals surface area contributed by atoms with E-state index in [0.717, 1.165) is 36.1 Å². The van der Waals surface area contributed by atoms with Gasteiger partial charge in [-0.25, -0.2) is 0 Å². The normalized spacial score (nSPS) is 15.7. The van der Waals surface area contributed by atoms with E-state index in [-0.39, 0.29) is 11.8 Å². The van der Waals surface area contributed by atoms with E-state index in [0.29, 0.717) is 0 Å². The van der Waals surface area contributed by atoms with Gasteiger partial charge in [0.2, 0.25) is 0 Å². The fraction of sp³-hybridized carbons (Fsp3) is 0.250. The van der Waals surface area contributed by atoms with Gasteiger partial charge in [-0.1, -0.05) is 60.7 Å². The highest BCUT2D eigenvalue weighted by molar-refractivity contribution is 6.09. The lowest BCUT2D eigenvalue weighted by Gasteiger charge is -2.18. The number of carbonyl (C=O) groups is 1. The van der Waals surface area contributed by atoms with Crippen molar-refractivity contribution in [3.63, 3.8) is 0 Å².